The molecule has 0 bridgehead atoms. The molecule has 1 saturated carbocycles. The van der Waals surface area contributed by atoms with Crippen LogP contribution >= 0.6 is 0 Å². The number of carbonyl (C=O) groups excluding carboxylic acids is 1. The average Bonchev–Trinajstić information content (AvgIpc) is 2.92. The highest BCUT2D eigenvalue weighted by atomic mass is 16.5. The molecule has 1 aliphatic carbocycles. The summed E-state index contributed by atoms with van der Waals surface area (Å²) in [6.45, 7) is 0.150. The first kappa shape index (κ1) is 13.4. The molecule has 2 aliphatic rings. The zero-order chi connectivity index (χ0) is 13.9. The van der Waals surface area contributed by atoms with E-state index in [1.54, 1.807) is 0 Å². The minimum Gasteiger partial charge on any atom is -0.480 e. The Bertz CT molecular complexity index is 463. The number of ether oxygens (including phenoxy) is 1. The Hall–Kier alpha value is -1.55. The van der Waals surface area contributed by atoms with Gasteiger partial charge in [-0.1, -0.05) is 31.0 Å². The largest absolute Gasteiger partial charge is 0.480 e. The van der Waals surface area contributed by atoms with Crippen LogP contribution in [0.2, 0.25) is 0 Å². The number of hydrogen-bond donors (Lipinski definition) is 2. The van der Waals surface area contributed by atoms with Crippen LogP contribution in [0.25, 0.3) is 0 Å². The van der Waals surface area contributed by atoms with Gasteiger partial charge in [0.05, 0.1) is 0 Å². The zero-order valence-corrected chi connectivity index (χ0v) is 11.5. The minimum absolute atomic E-state index is 0.0495. The summed E-state index contributed by atoms with van der Waals surface area (Å²) in [6.07, 6.45) is 4.42. The van der Waals surface area contributed by atoms with Crippen molar-refractivity contribution < 1.29 is 14.6 Å². The lowest BCUT2D eigenvalue weighted by atomic mass is 9.85. The smallest absolute Gasteiger partial charge is 0.261 e. The maximum absolute atomic E-state index is 12.3. The molecule has 4 heteroatoms. The fourth-order valence-electron chi connectivity index (χ4n) is 3.22. The molecule has 0 saturated heterocycles. The maximum Gasteiger partial charge on any atom is 0.261 e. The number of rotatable bonds is 3. The van der Waals surface area contributed by atoms with Crippen LogP contribution < -0.4 is 10.1 Å². The van der Waals surface area contributed by atoms with Gasteiger partial charge in [0.25, 0.3) is 5.91 Å². The van der Waals surface area contributed by atoms with E-state index in [2.05, 4.69) is 5.32 Å². The predicted molar refractivity (Wildman–Crippen MR) is 75.5 cm³/mol. The summed E-state index contributed by atoms with van der Waals surface area (Å²) in [5.41, 5.74) is 1.09. The van der Waals surface area contributed by atoms with Gasteiger partial charge in [-0.2, -0.15) is 0 Å². The van der Waals surface area contributed by atoms with Gasteiger partial charge < -0.3 is 15.2 Å². The van der Waals surface area contributed by atoms with Crippen LogP contribution in [-0.4, -0.2) is 29.8 Å². The maximum atomic E-state index is 12.3. The molecule has 1 aliphatic heterocycles. The summed E-state index contributed by atoms with van der Waals surface area (Å²) in [5, 5.41) is 12.5. The highest BCUT2D eigenvalue weighted by Gasteiger charge is 2.32. The normalized spacial score (nSPS) is 28.6. The zero-order valence-electron chi connectivity index (χ0n) is 11.5. The molecule has 4 nitrogen and oxygen atoms in total. The molecule has 3 unspecified atom stereocenters. The summed E-state index contributed by atoms with van der Waals surface area (Å²) in [6, 6.07) is 7.88. The quantitative estimate of drug-likeness (QED) is 0.882. The van der Waals surface area contributed by atoms with Crippen molar-refractivity contribution in [1.82, 2.24) is 5.32 Å². The molecule has 1 fully saturated rings. The van der Waals surface area contributed by atoms with E-state index in [9.17, 15) is 9.90 Å². The van der Waals surface area contributed by atoms with E-state index in [4.69, 9.17) is 4.74 Å². The van der Waals surface area contributed by atoms with Crippen molar-refractivity contribution in [3.05, 3.63) is 29.8 Å². The number of nitrogens with one attached hydrogen (secondary N) is 1. The number of aliphatic hydroxyl groups excluding tert-OH is 1. The Morgan fingerprint density at radius 2 is 2.10 bits per heavy atom. The number of amides is 1. The summed E-state index contributed by atoms with van der Waals surface area (Å²) >= 11 is 0. The van der Waals surface area contributed by atoms with Gasteiger partial charge in [0, 0.05) is 25.0 Å². The van der Waals surface area contributed by atoms with Gasteiger partial charge in [0.1, 0.15) is 5.75 Å². The summed E-state index contributed by atoms with van der Waals surface area (Å²) in [5.74, 6) is 0.957. The van der Waals surface area contributed by atoms with E-state index in [1.165, 1.54) is 0 Å². The lowest BCUT2D eigenvalue weighted by Crippen LogP contribution is -2.48. The topological polar surface area (TPSA) is 58.6 Å². The molecule has 0 aromatic heterocycles. The lowest BCUT2D eigenvalue weighted by Gasteiger charge is -2.31. The van der Waals surface area contributed by atoms with Gasteiger partial charge in [-0.05, 0) is 24.5 Å². The lowest BCUT2D eigenvalue weighted by molar-refractivity contribution is -0.128. The van der Waals surface area contributed by atoms with Crippen LogP contribution in [0.1, 0.15) is 31.2 Å². The molecule has 3 atom stereocenters. The van der Waals surface area contributed by atoms with E-state index in [-0.39, 0.29) is 24.5 Å². The first-order chi connectivity index (χ1) is 9.78. The Kier molecular flexibility index (Phi) is 3.92. The number of para-hydroxylation sites is 1. The van der Waals surface area contributed by atoms with Gasteiger partial charge in [-0.15, -0.1) is 0 Å². The summed E-state index contributed by atoms with van der Waals surface area (Å²) in [7, 11) is 0. The van der Waals surface area contributed by atoms with Gasteiger partial charge in [-0.25, -0.2) is 0 Å². The van der Waals surface area contributed by atoms with E-state index in [1.807, 2.05) is 24.3 Å². The molecule has 0 spiro atoms. The van der Waals surface area contributed by atoms with Crippen LogP contribution in [0, 0.1) is 5.92 Å². The third-order valence-corrected chi connectivity index (χ3v) is 4.41. The first-order valence-electron chi connectivity index (χ1n) is 7.43. The van der Waals surface area contributed by atoms with Gasteiger partial charge in [-0.3, -0.25) is 4.79 Å². The van der Waals surface area contributed by atoms with Crippen molar-refractivity contribution in [2.45, 2.75) is 44.2 Å². The van der Waals surface area contributed by atoms with Crippen molar-refractivity contribution in [2.24, 2.45) is 5.92 Å². The Morgan fingerprint density at radius 1 is 1.30 bits per heavy atom. The third-order valence-electron chi connectivity index (χ3n) is 4.41. The van der Waals surface area contributed by atoms with E-state index >= 15 is 0 Å². The molecular formula is C16H21NO3. The highest BCUT2D eigenvalue weighted by Crippen LogP contribution is 2.29. The number of benzene rings is 1. The standard InChI is InChI=1S/C16H21NO3/c18-10-12-6-1-3-7-13(12)17-16(19)15-9-11-5-2-4-8-14(11)20-15/h2,4-5,8,12-13,15,18H,1,3,6-7,9-10H2,(H,17,19). The molecule has 1 aromatic carbocycles. The number of carbonyl (C=O) groups is 1. The van der Waals surface area contributed by atoms with Gasteiger partial charge in [0.15, 0.2) is 6.10 Å². The second kappa shape index (κ2) is 5.83. The van der Waals surface area contributed by atoms with Crippen LogP contribution in [0.3, 0.4) is 0 Å². The van der Waals surface area contributed by atoms with Crippen molar-refractivity contribution >= 4 is 5.91 Å². The molecular weight excluding hydrogens is 254 g/mol. The Balaban J connectivity index is 1.60. The second-order valence-corrected chi connectivity index (χ2v) is 5.76. The van der Waals surface area contributed by atoms with Crippen molar-refractivity contribution in [3.8, 4) is 5.75 Å². The Labute approximate surface area is 119 Å². The molecule has 20 heavy (non-hydrogen) atoms. The van der Waals surface area contributed by atoms with E-state index in [0.29, 0.717) is 6.42 Å². The number of hydrogen-bond acceptors (Lipinski definition) is 3. The second-order valence-electron chi connectivity index (χ2n) is 5.76. The van der Waals surface area contributed by atoms with Crippen LogP contribution in [-0.2, 0) is 11.2 Å². The number of fused-ring (bicyclic) bond motifs is 1. The Morgan fingerprint density at radius 3 is 2.90 bits per heavy atom. The fraction of sp³-hybridized carbons (Fsp3) is 0.562. The SMILES string of the molecule is O=C(NC1CCCCC1CO)C1Cc2ccccc2O1. The monoisotopic (exact) mass is 275 g/mol. The fourth-order valence-corrected chi connectivity index (χ4v) is 3.22. The molecule has 1 amide bonds. The van der Waals surface area contributed by atoms with Gasteiger partial charge in [0.2, 0.25) is 0 Å². The molecule has 108 valence electrons. The van der Waals surface area contributed by atoms with Crippen LogP contribution in [0.15, 0.2) is 24.3 Å². The van der Waals surface area contributed by atoms with Crippen molar-refractivity contribution in [3.63, 3.8) is 0 Å². The molecule has 3 rings (SSSR count). The highest BCUT2D eigenvalue weighted by molar-refractivity contribution is 5.82. The van der Waals surface area contributed by atoms with E-state index < -0.39 is 6.10 Å². The summed E-state index contributed by atoms with van der Waals surface area (Å²) < 4.78 is 5.70. The molecule has 2 N–H and O–H groups in total. The van der Waals surface area contributed by atoms with Crippen molar-refractivity contribution in [2.75, 3.05) is 6.61 Å². The van der Waals surface area contributed by atoms with Crippen molar-refractivity contribution in [1.29, 1.82) is 0 Å². The third kappa shape index (κ3) is 2.66. The predicted octanol–water partition coefficient (Wildman–Crippen LogP) is 1.66. The first-order valence-corrected chi connectivity index (χ1v) is 7.43. The number of aliphatic hydroxyl groups is 1. The summed E-state index contributed by atoms with van der Waals surface area (Å²) in [4.78, 5) is 12.3. The van der Waals surface area contributed by atoms with E-state index in [0.717, 1.165) is 37.0 Å². The molecule has 1 heterocycles. The average molecular weight is 275 g/mol. The van der Waals surface area contributed by atoms with Gasteiger partial charge >= 0.3 is 0 Å². The van der Waals surface area contributed by atoms with Crippen LogP contribution in [0.5, 0.6) is 5.75 Å². The molecule has 0 radical (unpaired) electrons. The molecule has 1 aromatic rings. The van der Waals surface area contributed by atoms with Crippen LogP contribution in [0.4, 0.5) is 0 Å². The minimum atomic E-state index is -0.423.